The van der Waals surface area contributed by atoms with Gasteiger partial charge < -0.3 is 10.4 Å². The van der Waals surface area contributed by atoms with E-state index in [0.717, 1.165) is 5.01 Å². The van der Waals surface area contributed by atoms with Crippen LogP contribution < -0.4 is 5.32 Å². The molecule has 7 nitrogen and oxygen atoms in total. The second-order valence-corrected chi connectivity index (χ2v) is 4.96. The number of aliphatic carboxylic acids is 1. The van der Waals surface area contributed by atoms with Gasteiger partial charge in [-0.3, -0.25) is 9.59 Å². The summed E-state index contributed by atoms with van der Waals surface area (Å²) >= 11 is 0. The summed E-state index contributed by atoms with van der Waals surface area (Å²) in [5.74, 6) is -1.59. The number of amides is 2. The number of hydrogen-bond acceptors (Lipinski definition) is 4. The van der Waals surface area contributed by atoms with Gasteiger partial charge in [-0.25, -0.2) is 9.80 Å². The summed E-state index contributed by atoms with van der Waals surface area (Å²) in [7, 11) is 1.47. The Balaban J connectivity index is 2.70. The van der Waals surface area contributed by atoms with Crippen molar-refractivity contribution in [3.8, 4) is 0 Å². The number of carbonyl (C=O) groups excluding carboxylic acids is 2. The summed E-state index contributed by atoms with van der Waals surface area (Å²) in [5.41, 5.74) is 0.192. The monoisotopic (exact) mass is 269 g/mol. The van der Waals surface area contributed by atoms with Gasteiger partial charge >= 0.3 is 5.97 Å². The number of nitrogens with one attached hydrogen (secondary N) is 1. The molecule has 1 heterocycles. The topological polar surface area (TPSA) is 99.1 Å². The number of carboxylic acid groups (broad SMARTS) is 1. The normalized spacial score (nSPS) is 17.2. The van der Waals surface area contributed by atoms with E-state index in [1.807, 2.05) is 13.8 Å². The fourth-order valence-corrected chi connectivity index (χ4v) is 1.77. The first kappa shape index (κ1) is 15.1. The third-order valence-electron chi connectivity index (χ3n) is 2.78. The van der Waals surface area contributed by atoms with E-state index in [2.05, 4.69) is 10.4 Å². The molecule has 0 aliphatic carbocycles. The summed E-state index contributed by atoms with van der Waals surface area (Å²) < 4.78 is 0. The summed E-state index contributed by atoms with van der Waals surface area (Å²) in [6.07, 6.45) is 0.802. The van der Waals surface area contributed by atoms with Crippen LogP contribution in [0.3, 0.4) is 0 Å². The van der Waals surface area contributed by atoms with E-state index in [-0.39, 0.29) is 30.4 Å². The Hall–Kier alpha value is -1.92. The summed E-state index contributed by atoms with van der Waals surface area (Å²) in [4.78, 5) is 34.2. The van der Waals surface area contributed by atoms with Crippen LogP contribution in [-0.4, -0.2) is 46.7 Å². The maximum absolute atomic E-state index is 11.9. The molecule has 0 aromatic rings. The SMILES string of the molecule is CC(C)C[C@@H](NC(=O)C1=NN(C)C(=O)CC1)C(=O)O. The predicted octanol–water partition coefficient (Wildman–Crippen LogP) is 0.210. The van der Waals surface area contributed by atoms with Crippen molar-refractivity contribution >= 4 is 23.5 Å². The molecule has 7 heteroatoms. The van der Waals surface area contributed by atoms with Crippen LogP contribution in [0.5, 0.6) is 0 Å². The average Bonchev–Trinajstić information content (AvgIpc) is 2.31. The first-order valence-corrected chi connectivity index (χ1v) is 6.19. The highest BCUT2D eigenvalue weighted by molar-refractivity contribution is 6.39. The van der Waals surface area contributed by atoms with Gasteiger partial charge in [0.1, 0.15) is 11.8 Å². The number of rotatable bonds is 5. The lowest BCUT2D eigenvalue weighted by Crippen LogP contribution is -2.46. The molecule has 1 aliphatic rings. The highest BCUT2D eigenvalue weighted by Gasteiger charge is 2.26. The van der Waals surface area contributed by atoms with Crippen LogP contribution in [0.1, 0.15) is 33.1 Å². The van der Waals surface area contributed by atoms with Gasteiger partial charge in [0.2, 0.25) is 5.91 Å². The smallest absolute Gasteiger partial charge is 0.326 e. The van der Waals surface area contributed by atoms with Crippen LogP contribution in [0.4, 0.5) is 0 Å². The number of carboxylic acids is 1. The zero-order chi connectivity index (χ0) is 14.6. The van der Waals surface area contributed by atoms with Gasteiger partial charge in [-0.1, -0.05) is 13.8 Å². The minimum atomic E-state index is -1.07. The van der Waals surface area contributed by atoms with E-state index in [1.165, 1.54) is 7.05 Å². The van der Waals surface area contributed by atoms with E-state index in [9.17, 15) is 14.4 Å². The Kier molecular flexibility index (Phi) is 5.02. The zero-order valence-corrected chi connectivity index (χ0v) is 11.3. The van der Waals surface area contributed by atoms with Gasteiger partial charge in [0.25, 0.3) is 5.91 Å². The van der Waals surface area contributed by atoms with E-state index in [1.54, 1.807) is 0 Å². The van der Waals surface area contributed by atoms with Crippen molar-refractivity contribution in [2.75, 3.05) is 7.05 Å². The number of hydrazone groups is 1. The Labute approximate surface area is 111 Å². The van der Waals surface area contributed by atoms with Gasteiger partial charge in [-0.15, -0.1) is 0 Å². The molecule has 2 N–H and O–H groups in total. The molecule has 0 fully saturated rings. The average molecular weight is 269 g/mol. The van der Waals surface area contributed by atoms with Crippen molar-refractivity contribution in [2.45, 2.75) is 39.2 Å². The molecule has 0 bridgehead atoms. The first-order chi connectivity index (χ1) is 8.81. The maximum Gasteiger partial charge on any atom is 0.326 e. The lowest BCUT2D eigenvalue weighted by atomic mass is 10.0. The number of hydrogen-bond donors (Lipinski definition) is 2. The summed E-state index contributed by atoms with van der Waals surface area (Å²) in [6.45, 7) is 3.76. The molecule has 1 aliphatic heterocycles. The Bertz CT molecular complexity index is 417. The highest BCUT2D eigenvalue weighted by Crippen LogP contribution is 2.09. The Morgan fingerprint density at radius 1 is 1.42 bits per heavy atom. The molecule has 19 heavy (non-hydrogen) atoms. The fourth-order valence-electron chi connectivity index (χ4n) is 1.77. The second kappa shape index (κ2) is 6.31. The van der Waals surface area contributed by atoms with E-state index >= 15 is 0 Å². The van der Waals surface area contributed by atoms with Crippen molar-refractivity contribution in [1.82, 2.24) is 10.3 Å². The fraction of sp³-hybridized carbons (Fsp3) is 0.667. The van der Waals surface area contributed by atoms with Gasteiger partial charge in [0, 0.05) is 19.9 Å². The molecule has 1 atom stereocenters. The molecule has 0 aromatic carbocycles. The minimum Gasteiger partial charge on any atom is -0.480 e. The zero-order valence-electron chi connectivity index (χ0n) is 11.3. The molecule has 0 unspecified atom stereocenters. The standard InChI is InChI=1S/C12H19N3O4/c1-7(2)6-9(12(18)19)13-11(17)8-4-5-10(16)15(3)14-8/h7,9H,4-6H2,1-3H3,(H,13,17)(H,18,19)/t9-/m1/s1. The van der Waals surface area contributed by atoms with Gasteiger partial charge in [0.15, 0.2) is 0 Å². The third-order valence-corrected chi connectivity index (χ3v) is 2.78. The maximum atomic E-state index is 11.9. The van der Waals surface area contributed by atoms with Crippen LogP contribution in [0.2, 0.25) is 0 Å². The highest BCUT2D eigenvalue weighted by atomic mass is 16.4. The van der Waals surface area contributed by atoms with Crippen molar-refractivity contribution in [2.24, 2.45) is 11.0 Å². The minimum absolute atomic E-state index is 0.152. The first-order valence-electron chi connectivity index (χ1n) is 6.19. The van der Waals surface area contributed by atoms with Crippen molar-refractivity contribution in [3.05, 3.63) is 0 Å². The second-order valence-electron chi connectivity index (χ2n) is 4.96. The largest absolute Gasteiger partial charge is 0.480 e. The predicted molar refractivity (Wildman–Crippen MR) is 68.5 cm³/mol. The van der Waals surface area contributed by atoms with Gasteiger partial charge in [0.05, 0.1) is 0 Å². The molecule has 2 amide bonds. The molecular formula is C12H19N3O4. The van der Waals surface area contributed by atoms with Gasteiger partial charge in [-0.05, 0) is 12.3 Å². The van der Waals surface area contributed by atoms with Crippen LogP contribution in [0, 0.1) is 5.92 Å². The van der Waals surface area contributed by atoms with E-state index < -0.39 is 17.9 Å². The molecule has 0 saturated carbocycles. The van der Waals surface area contributed by atoms with Crippen molar-refractivity contribution in [3.63, 3.8) is 0 Å². The van der Waals surface area contributed by atoms with Crippen LogP contribution in [0.15, 0.2) is 5.10 Å². The lowest BCUT2D eigenvalue weighted by molar-refractivity contribution is -0.141. The molecule has 0 spiro atoms. The molecule has 106 valence electrons. The van der Waals surface area contributed by atoms with Crippen LogP contribution >= 0.6 is 0 Å². The summed E-state index contributed by atoms with van der Waals surface area (Å²) in [5, 5.41) is 16.4. The molecular weight excluding hydrogens is 250 g/mol. The quantitative estimate of drug-likeness (QED) is 0.745. The molecule has 1 rings (SSSR count). The van der Waals surface area contributed by atoms with Crippen LogP contribution in [-0.2, 0) is 14.4 Å². The molecule has 0 radical (unpaired) electrons. The molecule has 0 saturated heterocycles. The lowest BCUT2D eigenvalue weighted by Gasteiger charge is -2.21. The summed E-state index contributed by atoms with van der Waals surface area (Å²) in [6, 6.07) is -0.932. The molecule has 0 aromatic heterocycles. The number of carbonyl (C=O) groups is 3. The van der Waals surface area contributed by atoms with E-state index in [0.29, 0.717) is 6.42 Å². The van der Waals surface area contributed by atoms with Crippen molar-refractivity contribution < 1.29 is 19.5 Å². The third kappa shape index (κ3) is 4.35. The Morgan fingerprint density at radius 3 is 2.53 bits per heavy atom. The van der Waals surface area contributed by atoms with Gasteiger partial charge in [-0.2, -0.15) is 5.10 Å². The Morgan fingerprint density at radius 2 is 2.05 bits per heavy atom. The van der Waals surface area contributed by atoms with E-state index in [4.69, 9.17) is 5.11 Å². The number of nitrogens with zero attached hydrogens (tertiary/aromatic N) is 2. The van der Waals surface area contributed by atoms with Crippen LogP contribution in [0.25, 0.3) is 0 Å². The van der Waals surface area contributed by atoms with Crippen molar-refractivity contribution in [1.29, 1.82) is 0 Å².